The molecule has 0 unspecified atom stereocenters. The monoisotopic (exact) mass is 826 g/mol. The first-order valence-electron chi connectivity index (χ1n) is 18.5. The highest BCUT2D eigenvalue weighted by atomic mass is 35.5. The van der Waals surface area contributed by atoms with Gasteiger partial charge in [-0.1, -0.05) is 53.0 Å². The molecule has 11 nitrogen and oxygen atoms in total. The summed E-state index contributed by atoms with van der Waals surface area (Å²) in [5.74, 6) is 0.213. The number of ether oxygens (including phenoxy) is 1. The van der Waals surface area contributed by atoms with Gasteiger partial charge in [-0.15, -0.1) is 12.4 Å². The predicted octanol–water partition coefficient (Wildman–Crippen LogP) is 6.69. The van der Waals surface area contributed by atoms with Crippen molar-refractivity contribution in [2.75, 3.05) is 26.7 Å². The van der Waals surface area contributed by atoms with E-state index in [1.807, 2.05) is 25.1 Å². The fourth-order valence-corrected chi connectivity index (χ4v) is 10.7. The van der Waals surface area contributed by atoms with E-state index in [-0.39, 0.29) is 53.9 Å². The van der Waals surface area contributed by atoms with Crippen LogP contribution >= 0.6 is 47.2 Å². The minimum absolute atomic E-state index is 0. The number of amides is 3. The second kappa shape index (κ2) is 14.0. The number of carbonyl (C=O) groups excluding carboxylic acids is 2. The number of benzene rings is 3. The van der Waals surface area contributed by atoms with Crippen LogP contribution in [0.4, 0.5) is 4.79 Å². The number of aromatic hydroxyl groups is 1. The number of phenols is 1. The molecule has 3 aromatic carbocycles. The molecule has 15 heteroatoms. The number of halogens is 4. The van der Waals surface area contributed by atoms with Gasteiger partial charge < -0.3 is 35.4 Å². The van der Waals surface area contributed by atoms with Crippen LogP contribution in [0.3, 0.4) is 0 Å². The van der Waals surface area contributed by atoms with Crippen molar-refractivity contribution in [1.82, 2.24) is 30.2 Å². The summed E-state index contributed by atoms with van der Waals surface area (Å²) < 4.78 is 8.24. The first kappa shape index (κ1) is 38.2. The summed E-state index contributed by atoms with van der Waals surface area (Å²) in [6, 6.07) is 15.3. The van der Waals surface area contributed by atoms with Gasteiger partial charge in [0.1, 0.15) is 6.10 Å². The Morgan fingerprint density at radius 1 is 0.945 bits per heavy atom. The number of urea groups is 1. The predicted molar refractivity (Wildman–Crippen MR) is 214 cm³/mol. The summed E-state index contributed by atoms with van der Waals surface area (Å²) in [5.41, 5.74) is 3.34. The van der Waals surface area contributed by atoms with E-state index >= 15 is 0 Å². The molecule has 5 aliphatic rings. The van der Waals surface area contributed by atoms with Crippen LogP contribution in [-0.2, 0) is 11.8 Å². The van der Waals surface area contributed by atoms with Crippen molar-refractivity contribution in [3.63, 3.8) is 0 Å². The molecule has 1 spiro atoms. The Morgan fingerprint density at radius 2 is 1.67 bits per heavy atom. The summed E-state index contributed by atoms with van der Waals surface area (Å²) in [6.07, 6.45) is 3.08. The van der Waals surface area contributed by atoms with Gasteiger partial charge in [0, 0.05) is 51.9 Å². The molecular formula is C40H42Cl4N6O5. The normalized spacial score (nSPS) is 26.8. The van der Waals surface area contributed by atoms with Gasteiger partial charge in [0.15, 0.2) is 17.2 Å². The van der Waals surface area contributed by atoms with E-state index in [0.29, 0.717) is 89.4 Å². The number of hydrogen-bond acceptors (Lipinski definition) is 7. The van der Waals surface area contributed by atoms with Crippen molar-refractivity contribution in [2.45, 2.75) is 80.7 Å². The first-order chi connectivity index (χ1) is 25.9. The van der Waals surface area contributed by atoms with E-state index in [1.54, 1.807) is 46.0 Å². The second-order valence-corrected chi connectivity index (χ2v) is 16.8. The van der Waals surface area contributed by atoms with Crippen LogP contribution in [0.15, 0.2) is 54.6 Å². The smallest absolute Gasteiger partial charge is 0.317 e. The van der Waals surface area contributed by atoms with E-state index in [2.05, 4.69) is 22.6 Å². The van der Waals surface area contributed by atoms with Gasteiger partial charge in [-0.2, -0.15) is 5.10 Å². The lowest BCUT2D eigenvalue weighted by atomic mass is 9.48. The van der Waals surface area contributed by atoms with Crippen LogP contribution in [0.5, 0.6) is 11.5 Å². The van der Waals surface area contributed by atoms with Crippen molar-refractivity contribution in [1.29, 1.82) is 0 Å². The van der Waals surface area contributed by atoms with Crippen LogP contribution in [0, 0.1) is 6.92 Å². The van der Waals surface area contributed by atoms with E-state index in [4.69, 9.17) is 44.6 Å². The van der Waals surface area contributed by atoms with Gasteiger partial charge in [-0.3, -0.25) is 4.79 Å². The third-order valence-corrected chi connectivity index (χ3v) is 13.5. The van der Waals surface area contributed by atoms with Crippen LogP contribution in [0.1, 0.15) is 59.3 Å². The lowest BCUT2D eigenvalue weighted by Gasteiger charge is -2.63. The average molecular weight is 829 g/mol. The van der Waals surface area contributed by atoms with Crippen molar-refractivity contribution in [2.24, 2.45) is 0 Å². The Labute approximate surface area is 340 Å². The number of aromatic nitrogens is 2. The Morgan fingerprint density at radius 3 is 2.40 bits per heavy atom. The number of likely N-dealkylation sites (tertiary alicyclic amines) is 2. The van der Waals surface area contributed by atoms with E-state index in [9.17, 15) is 19.8 Å². The molecule has 2 bridgehead atoms. The number of piperidine rings is 2. The van der Waals surface area contributed by atoms with Gasteiger partial charge in [0.25, 0.3) is 5.91 Å². The molecule has 2 aliphatic carbocycles. The van der Waals surface area contributed by atoms with E-state index < -0.39 is 17.1 Å². The number of rotatable bonds is 5. The SMILES string of the molecule is Cc1c(C(=O)NC2CCN(C(=O)N[C@H]3CC[C@@]4(O)[C@H]5Cc6ccc(O)c7c6[C@@]4(CCN5C)[C@H]3O7)CC2)nn(-c2ccc(Cl)cc2Cl)c1-c1ccc(Cl)cc1.Cl. The Balaban J connectivity index is 0.00000427. The van der Waals surface area contributed by atoms with Crippen LogP contribution in [0.25, 0.3) is 16.9 Å². The lowest BCUT2D eigenvalue weighted by molar-refractivity contribution is -0.186. The number of phenolic OH excluding ortho intramolecular Hbond substituents is 1. The number of aliphatic hydroxyl groups is 1. The summed E-state index contributed by atoms with van der Waals surface area (Å²) in [5, 5.41) is 36.0. The molecule has 9 rings (SSSR count). The summed E-state index contributed by atoms with van der Waals surface area (Å²) in [4.78, 5) is 31.7. The van der Waals surface area contributed by atoms with Gasteiger partial charge in [0.05, 0.1) is 33.5 Å². The lowest BCUT2D eigenvalue weighted by Crippen LogP contribution is -2.78. The second-order valence-electron chi connectivity index (χ2n) is 15.5. The Hall–Kier alpha value is -3.71. The fraction of sp³-hybridized carbons (Fsp3) is 0.425. The molecule has 0 radical (unpaired) electrons. The summed E-state index contributed by atoms with van der Waals surface area (Å²) >= 11 is 19.0. The molecular weight excluding hydrogens is 786 g/mol. The molecule has 3 fully saturated rings. The maximum absolute atomic E-state index is 13.8. The highest BCUT2D eigenvalue weighted by Gasteiger charge is 2.72. The quantitative estimate of drug-likeness (QED) is 0.176. The van der Waals surface area contributed by atoms with Gasteiger partial charge in [-0.05, 0) is 101 Å². The number of nitrogens with one attached hydrogen (secondary N) is 2. The molecule has 290 valence electrons. The van der Waals surface area contributed by atoms with Gasteiger partial charge in [-0.25, -0.2) is 9.48 Å². The Bertz CT molecular complexity index is 2190. The minimum atomic E-state index is -1.03. The fourth-order valence-electron chi connectivity index (χ4n) is 10.1. The molecule has 4 N–H and O–H groups in total. The van der Waals surface area contributed by atoms with Crippen LogP contribution in [-0.4, -0.2) is 98.2 Å². The average Bonchev–Trinajstić information content (AvgIpc) is 3.68. The van der Waals surface area contributed by atoms with E-state index in [1.165, 1.54) is 0 Å². The highest BCUT2D eigenvalue weighted by Crippen LogP contribution is 2.65. The third-order valence-electron chi connectivity index (χ3n) is 12.7. The molecule has 2 saturated heterocycles. The molecule has 1 saturated carbocycles. The Kier molecular flexibility index (Phi) is 9.74. The van der Waals surface area contributed by atoms with Gasteiger partial charge >= 0.3 is 6.03 Å². The standard InChI is InChI=1S/C40H41Cl3N6O5.ClH/c1-21-33(46-49(29-9-8-25(42)20-27(29)43)34(21)22-3-6-24(41)7-4-22)37(51)44-26-12-16-48(17-13-26)38(52)45-28-11-14-40(53)31-19-23-5-10-30(50)35-32(23)39(40,36(28)54-35)15-18-47(31)2;/h3-10,20,26,28,31,36,50,53H,11-19H2,1-2H3,(H,44,51)(H,45,52);1H/t28-,31+,36-,39-,40+;/m0./s1. The number of nitrogens with zero attached hydrogens (tertiary/aromatic N) is 4. The zero-order chi connectivity index (χ0) is 37.7. The number of likely N-dealkylation sites (N-methyl/N-ethyl adjacent to an activating group) is 1. The number of carbonyl (C=O) groups is 2. The van der Waals surface area contributed by atoms with Crippen molar-refractivity contribution >= 4 is 59.1 Å². The summed E-state index contributed by atoms with van der Waals surface area (Å²) in [7, 11) is 2.07. The molecule has 3 aliphatic heterocycles. The zero-order valence-corrected chi connectivity index (χ0v) is 33.4. The van der Waals surface area contributed by atoms with Crippen molar-refractivity contribution < 1.29 is 24.5 Å². The van der Waals surface area contributed by atoms with Crippen LogP contribution in [0.2, 0.25) is 15.1 Å². The number of hydrogen-bond donors (Lipinski definition) is 4. The molecule has 55 heavy (non-hydrogen) atoms. The maximum atomic E-state index is 13.8. The van der Waals surface area contributed by atoms with Crippen molar-refractivity contribution in [3.05, 3.63) is 92.0 Å². The third kappa shape index (κ3) is 5.87. The van der Waals surface area contributed by atoms with Crippen LogP contribution < -0.4 is 15.4 Å². The molecule has 4 heterocycles. The molecule has 1 aromatic heterocycles. The molecule has 5 atom stereocenters. The highest BCUT2D eigenvalue weighted by molar-refractivity contribution is 6.35. The first-order valence-corrected chi connectivity index (χ1v) is 19.6. The molecule has 3 amide bonds. The van der Waals surface area contributed by atoms with Gasteiger partial charge in [0.2, 0.25) is 0 Å². The zero-order valence-electron chi connectivity index (χ0n) is 30.3. The topological polar surface area (TPSA) is 132 Å². The molecule has 4 aromatic rings. The minimum Gasteiger partial charge on any atom is -0.504 e. The largest absolute Gasteiger partial charge is 0.504 e. The maximum Gasteiger partial charge on any atom is 0.317 e. The summed E-state index contributed by atoms with van der Waals surface area (Å²) in [6.45, 7) is 3.55. The van der Waals surface area contributed by atoms with E-state index in [0.717, 1.165) is 23.2 Å². The van der Waals surface area contributed by atoms with Crippen molar-refractivity contribution in [3.8, 4) is 28.4 Å².